The summed E-state index contributed by atoms with van der Waals surface area (Å²) in [6.07, 6.45) is 2.75. The Morgan fingerprint density at radius 1 is 1.17 bits per heavy atom. The van der Waals surface area contributed by atoms with Gasteiger partial charge in [0.1, 0.15) is 11.5 Å². The third kappa shape index (κ3) is 3.59. The van der Waals surface area contributed by atoms with Crippen LogP contribution in [0.4, 0.5) is 0 Å². The number of fused-ring (bicyclic) bond motifs is 1. The minimum absolute atomic E-state index is 0.601. The first kappa shape index (κ1) is 16.5. The number of hydrogen-bond acceptors (Lipinski definition) is 5. The molecule has 0 N–H and O–H groups in total. The molecule has 128 valence electrons. The fraction of sp³-hybridized carbons (Fsp3) is 0.444. The molecule has 0 saturated heterocycles. The molecule has 0 aliphatic carbocycles. The van der Waals surface area contributed by atoms with E-state index < -0.39 is 0 Å². The van der Waals surface area contributed by atoms with Gasteiger partial charge in [0.15, 0.2) is 11.4 Å². The van der Waals surface area contributed by atoms with Crippen LogP contribution in [0.1, 0.15) is 26.0 Å². The lowest BCUT2D eigenvalue weighted by molar-refractivity contribution is 0.242. The predicted octanol–water partition coefficient (Wildman–Crippen LogP) is 3.41. The van der Waals surface area contributed by atoms with Crippen LogP contribution < -0.4 is 4.74 Å². The first-order valence-electron chi connectivity index (χ1n) is 8.48. The third-order valence-electron chi connectivity index (χ3n) is 4.09. The van der Waals surface area contributed by atoms with Gasteiger partial charge in [0.05, 0.1) is 12.8 Å². The molecule has 0 atom stereocenters. The van der Waals surface area contributed by atoms with Gasteiger partial charge in [-0.2, -0.15) is 0 Å². The second-order valence-electron chi connectivity index (χ2n) is 5.72. The molecular weight excluding hydrogens is 304 g/mol. The van der Waals surface area contributed by atoms with Crippen LogP contribution in [0.5, 0.6) is 5.88 Å². The molecule has 6 heteroatoms. The van der Waals surface area contributed by atoms with Crippen molar-refractivity contribution in [3.63, 3.8) is 0 Å². The van der Waals surface area contributed by atoms with Gasteiger partial charge in [0.2, 0.25) is 5.88 Å². The van der Waals surface area contributed by atoms with Crippen molar-refractivity contribution in [2.45, 2.75) is 27.2 Å². The second kappa shape index (κ2) is 7.49. The second-order valence-corrected chi connectivity index (χ2v) is 5.72. The topological polar surface area (TPSA) is 55.8 Å². The predicted molar refractivity (Wildman–Crippen MR) is 93.3 cm³/mol. The van der Waals surface area contributed by atoms with Gasteiger partial charge in [0.25, 0.3) is 0 Å². The third-order valence-corrected chi connectivity index (χ3v) is 4.09. The molecule has 0 fully saturated rings. The Hall–Kier alpha value is -2.34. The van der Waals surface area contributed by atoms with Gasteiger partial charge in [-0.15, -0.1) is 5.10 Å². The largest absolute Gasteiger partial charge is 0.477 e. The maximum absolute atomic E-state index is 5.80. The van der Waals surface area contributed by atoms with Crippen LogP contribution in [0.2, 0.25) is 0 Å². The molecule has 3 heterocycles. The van der Waals surface area contributed by atoms with Crippen molar-refractivity contribution in [3.05, 3.63) is 36.2 Å². The summed E-state index contributed by atoms with van der Waals surface area (Å²) in [7, 11) is 0. The Morgan fingerprint density at radius 2 is 2.00 bits per heavy atom. The van der Waals surface area contributed by atoms with E-state index in [4.69, 9.17) is 9.15 Å². The zero-order valence-electron chi connectivity index (χ0n) is 14.5. The summed E-state index contributed by atoms with van der Waals surface area (Å²) in [4.78, 5) is 6.75. The summed E-state index contributed by atoms with van der Waals surface area (Å²) in [5.74, 6) is 2.22. The van der Waals surface area contributed by atoms with Crippen LogP contribution in [-0.4, -0.2) is 45.7 Å². The highest BCUT2D eigenvalue weighted by atomic mass is 16.5. The van der Waals surface area contributed by atoms with E-state index in [1.165, 1.54) is 0 Å². The molecule has 0 aromatic carbocycles. The quantitative estimate of drug-likeness (QED) is 0.593. The summed E-state index contributed by atoms with van der Waals surface area (Å²) < 4.78 is 13.2. The molecule has 0 bridgehead atoms. The minimum atomic E-state index is 0.601. The van der Waals surface area contributed by atoms with Gasteiger partial charge >= 0.3 is 0 Å². The van der Waals surface area contributed by atoms with Crippen molar-refractivity contribution in [1.29, 1.82) is 0 Å². The summed E-state index contributed by atoms with van der Waals surface area (Å²) in [6.45, 7) is 10.1. The number of hydrogen-bond donors (Lipinski definition) is 0. The van der Waals surface area contributed by atoms with Crippen LogP contribution in [0.25, 0.3) is 17.1 Å². The molecule has 0 aliphatic heterocycles. The number of rotatable bonds is 8. The summed E-state index contributed by atoms with van der Waals surface area (Å²) in [6, 6.07) is 7.63. The van der Waals surface area contributed by atoms with E-state index in [0.717, 1.165) is 48.9 Å². The molecule has 24 heavy (non-hydrogen) atoms. The maximum atomic E-state index is 5.80. The van der Waals surface area contributed by atoms with E-state index in [1.54, 1.807) is 10.7 Å². The number of aryl methyl sites for hydroxylation is 1. The first-order valence-corrected chi connectivity index (χ1v) is 8.48. The van der Waals surface area contributed by atoms with Crippen molar-refractivity contribution >= 4 is 5.65 Å². The van der Waals surface area contributed by atoms with Gasteiger partial charge in [0, 0.05) is 12.6 Å². The monoisotopic (exact) mass is 328 g/mol. The molecule has 3 rings (SSSR count). The smallest absolute Gasteiger partial charge is 0.231 e. The first-order chi connectivity index (χ1) is 11.7. The van der Waals surface area contributed by atoms with Crippen molar-refractivity contribution in [3.8, 4) is 17.3 Å². The van der Waals surface area contributed by atoms with E-state index >= 15 is 0 Å². The molecule has 3 aromatic heterocycles. The Bertz CT molecular complexity index is 789. The van der Waals surface area contributed by atoms with Crippen LogP contribution in [0.3, 0.4) is 0 Å². The molecule has 0 amide bonds. The Labute approximate surface area is 142 Å². The van der Waals surface area contributed by atoms with Gasteiger partial charge in [-0.3, -0.25) is 0 Å². The number of nitrogens with zero attached hydrogens (tertiary/aromatic N) is 4. The highest BCUT2D eigenvalue weighted by Gasteiger charge is 2.11. The summed E-state index contributed by atoms with van der Waals surface area (Å²) in [5.41, 5.74) is 1.60. The van der Waals surface area contributed by atoms with E-state index in [9.17, 15) is 0 Å². The SMILES string of the molecule is CCN(CC)CCCOc1ccc2ncc(-c3ccc(C)o3)n2n1. The Balaban J connectivity index is 1.69. The number of aromatic nitrogens is 3. The molecule has 0 aliphatic rings. The summed E-state index contributed by atoms with van der Waals surface area (Å²) in [5, 5.41) is 4.54. The van der Waals surface area contributed by atoms with Crippen LogP contribution >= 0.6 is 0 Å². The van der Waals surface area contributed by atoms with Crippen LogP contribution in [0.15, 0.2) is 34.9 Å². The van der Waals surface area contributed by atoms with Gasteiger partial charge in [-0.1, -0.05) is 13.8 Å². The molecular formula is C18H24N4O2. The highest BCUT2D eigenvalue weighted by molar-refractivity contribution is 5.58. The van der Waals surface area contributed by atoms with E-state index in [1.807, 2.05) is 31.2 Å². The average Bonchev–Trinajstić information content (AvgIpc) is 3.20. The van der Waals surface area contributed by atoms with Gasteiger partial charge < -0.3 is 14.1 Å². The Kier molecular flexibility index (Phi) is 5.15. The van der Waals surface area contributed by atoms with Crippen molar-refractivity contribution < 1.29 is 9.15 Å². The normalized spacial score (nSPS) is 11.5. The molecule has 0 saturated carbocycles. The molecule has 0 radical (unpaired) electrons. The van der Waals surface area contributed by atoms with Gasteiger partial charge in [-0.05, 0) is 44.6 Å². The number of ether oxygens (including phenoxy) is 1. The van der Waals surface area contributed by atoms with Crippen molar-refractivity contribution in [2.24, 2.45) is 0 Å². The molecule has 3 aromatic rings. The summed E-state index contributed by atoms with van der Waals surface area (Å²) >= 11 is 0. The van der Waals surface area contributed by atoms with E-state index in [-0.39, 0.29) is 0 Å². The number of imidazole rings is 1. The van der Waals surface area contributed by atoms with Crippen molar-refractivity contribution in [1.82, 2.24) is 19.5 Å². The highest BCUT2D eigenvalue weighted by Crippen LogP contribution is 2.23. The fourth-order valence-electron chi connectivity index (χ4n) is 2.68. The molecule has 0 unspecified atom stereocenters. The lowest BCUT2D eigenvalue weighted by Crippen LogP contribution is -2.25. The average molecular weight is 328 g/mol. The van der Waals surface area contributed by atoms with Gasteiger partial charge in [-0.25, -0.2) is 9.50 Å². The van der Waals surface area contributed by atoms with E-state index in [2.05, 4.69) is 28.8 Å². The minimum Gasteiger partial charge on any atom is -0.477 e. The lowest BCUT2D eigenvalue weighted by atomic mass is 10.3. The molecule has 6 nitrogen and oxygen atoms in total. The van der Waals surface area contributed by atoms with E-state index in [0.29, 0.717) is 12.5 Å². The Morgan fingerprint density at radius 3 is 2.71 bits per heavy atom. The molecule has 0 spiro atoms. The van der Waals surface area contributed by atoms with Crippen LogP contribution in [0, 0.1) is 6.92 Å². The van der Waals surface area contributed by atoms with Crippen molar-refractivity contribution in [2.75, 3.05) is 26.2 Å². The zero-order chi connectivity index (χ0) is 16.9. The standard InChI is InChI=1S/C18H24N4O2/c1-4-21(5-2)11-6-12-23-18-10-9-17-19-13-15(22(17)20-18)16-8-7-14(3)24-16/h7-10,13H,4-6,11-12H2,1-3H3. The number of furan rings is 1. The maximum Gasteiger partial charge on any atom is 0.231 e. The lowest BCUT2D eigenvalue weighted by Gasteiger charge is -2.17. The zero-order valence-corrected chi connectivity index (χ0v) is 14.5. The van der Waals surface area contributed by atoms with Crippen LogP contribution in [-0.2, 0) is 0 Å². The fourth-order valence-corrected chi connectivity index (χ4v) is 2.68.